The van der Waals surface area contributed by atoms with E-state index in [1.165, 1.54) is 32.1 Å². The van der Waals surface area contributed by atoms with E-state index < -0.39 is 0 Å². The minimum Gasteiger partial charge on any atom is -0.378 e. The number of hydrogen-bond donors (Lipinski definition) is 2. The highest BCUT2D eigenvalue weighted by Gasteiger charge is 2.26. The molecule has 0 saturated heterocycles. The fourth-order valence-corrected chi connectivity index (χ4v) is 3.85. The number of hydrogen-bond acceptors (Lipinski definition) is 3. The molecule has 24 heavy (non-hydrogen) atoms. The highest BCUT2D eigenvalue weighted by molar-refractivity contribution is 6.04. The molecule has 3 rings (SSSR count). The van der Waals surface area contributed by atoms with Gasteiger partial charge in [0.1, 0.15) is 5.69 Å². The molecule has 0 aliphatic heterocycles. The molecule has 132 valence electrons. The second-order valence-electron chi connectivity index (χ2n) is 7.00. The summed E-state index contributed by atoms with van der Waals surface area (Å²) in [6.45, 7) is 3.16. The monoisotopic (exact) mass is 332 g/mol. The number of aromatic amines is 1. The maximum atomic E-state index is 12.4. The van der Waals surface area contributed by atoms with E-state index in [9.17, 15) is 9.59 Å². The van der Waals surface area contributed by atoms with Crippen LogP contribution in [0.4, 0.5) is 0 Å². The third kappa shape index (κ3) is 3.89. The molecule has 0 unspecified atom stereocenters. The molecule has 5 heteroatoms. The van der Waals surface area contributed by atoms with Crippen molar-refractivity contribution in [1.82, 2.24) is 10.3 Å². The van der Waals surface area contributed by atoms with E-state index in [-0.39, 0.29) is 11.7 Å². The van der Waals surface area contributed by atoms with Crippen molar-refractivity contribution in [2.75, 3.05) is 13.2 Å². The van der Waals surface area contributed by atoms with Crippen molar-refractivity contribution in [2.24, 2.45) is 0 Å². The third-order valence-corrected chi connectivity index (χ3v) is 5.18. The lowest BCUT2D eigenvalue weighted by Crippen LogP contribution is -2.27. The van der Waals surface area contributed by atoms with Gasteiger partial charge in [-0.15, -0.1) is 0 Å². The third-order valence-electron chi connectivity index (χ3n) is 5.18. The SMILES string of the molecule is Cc1c(C(=O)NCCCOC2CCCCC2)[nH]c2c1C(=O)CCC2. The van der Waals surface area contributed by atoms with E-state index in [1.54, 1.807) is 0 Å². The van der Waals surface area contributed by atoms with Gasteiger partial charge in [-0.3, -0.25) is 9.59 Å². The topological polar surface area (TPSA) is 71.2 Å². The van der Waals surface area contributed by atoms with Crippen molar-refractivity contribution in [3.63, 3.8) is 0 Å². The molecule has 1 fully saturated rings. The number of nitrogens with one attached hydrogen (secondary N) is 2. The molecule has 0 radical (unpaired) electrons. The number of amides is 1. The summed E-state index contributed by atoms with van der Waals surface area (Å²) in [7, 11) is 0. The number of rotatable bonds is 6. The fraction of sp³-hybridized carbons (Fsp3) is 0.684. The zero-order valence-electron chi connectivity index (χ0n) is 14.6. The molecule has 2 aliphatic rings. The summed E-state index contributed by atoms with van der Waals surface area (Å²) < 4.78 is 5.87. The van der Waals surface area contributed by atoms with E-state index in [0.29, 0.717) is 31.4 Å². The van der Waals surface area contributed by atoms with Gasteiger partial charge in [-0.1, -0.05) is 19.3 Å². The molecule has 0 spiro atoms. The lowest BCUT2D eigenvalue weighted by atomic mass is 9.94. The average Bonchev–Trinajstić information content (AvgIpc) is 2.93. The van der Waals surface area contributed by atoms with Gasteiger partial charge in [0.15, 0.2) is 5.78 Å². The summed E-state index contributed by atoms with van der Waals surface area (Å²) in [4.78, 5) is 27.5. The molecule has 5 nitrogen and oxygen atoms in total. The number of aryl methyl sites for hydroxylation is 1. The van der Waals surface area contributed by atoms with Crippen molar-refractivity contribution >= 4 is 11.7 Å². The van der Waals surface area contributed by atoms with Crippen molar-refractivity contribution in [1.29, 1.82) is 0 Å². The maximum Gasteiger partial charge on any atom is 0.268 e. The average molecular weight is 332 g/mol. The molecular weight excluding hydrogens is 304 g/mol. The number of aromatic nitrogens is 1. The highest BCUT2D eigenvalue weighted by Crippen LogP contribution is 2.26. The van der Waals surface area contributed by atoms with Gasteiger partial charge in [0.05, 0.1) is 6.10 Å². The Morgan fingerprint density at radius 1 is 1.21 bits per heavy atom. The minimum absolute atomic E-state index is 0.118. The van der Waals surface area contributed by atoms with Crippen LogP contribution in [0.3, 0.4) is 0 Å². The van der Waals surface area contributed by atoms with E-state index >= 15 is 0 Å². The molecule has 0 atom stereocenters. The Hall–Kier alpha value is -1.62. The summed E-state index contributed by atoms with van der Waals surface area (Å²) in [5.74, 6) is 0.0392. The number of carbonyl (C=O) groups excluding carboxylic acids is 2. The summed E-state index contributed by atoms with van der Waals surface area (Å²) in [5, 5.41) is 2.94. The van der Waals surface area contributed by atoms with Crippen LogP contribution in [0.2, 0.25) is 0 Å². The standard InChI is InChI=1S/C19H28N2O3/c1-13-17-15(9-5-10-16(17)22)21-18(13)19(23)20-11-6-12-24-14-7-3-2-4-8-14/h14,21H,2-12H2,1H3,(H,20,23). The number of H-pyrrole nitrogens is 1. The highest BCUT2D eigenvalue weighted by atomic mass is 16.5. The van der Waals surface area contributed by atoms with Crippen LogP contribution in [0, 0.1) is 6.92 Å². The number of fused-ring (bicyclic) bond motifs is 1. The zero-order chi connectivity index (χ0) is 16.9. The summed E-state index contributed by atoms with van der Waals surface area (Å²) in [6, 6.07) is 0. The minimum atomic E-state index is -0.118. The number of ether oxygens (including phenoxy) is 1. The molecule has 1 saturated carbocycles. The molecule has 0 aromatic carbocycles. The van der Waals surface area contributed by atoms with Gasteiger partial charge in [-0.25, -0.2) is 0 Å². The Morgan fingerprint density at radius 2 is 2.00 bits per heavy atom. The lowest BCUT2D eigenvalue weighted by Gasteiger charge is -2.21. The van der Waals surface area contributed by atoms with Crippen LogP contribution < -0.4 is 5.32 Å². The van der Waals surface area contributed by atoms with E-state index in [2.05, 4.69) is 10.3 Å². The normalized spacial score (nSPS) is 18.5. The van der Waals surface area contributed by atoms with Crippen molar-refractivity contribution in [3.8, 4) is 0 Å². The molecule has 1 aromatic rings. The van der Waals surface area contributed by atoms with Gasteiger partial charge < -0.3 is 15.0 Å². The van der Waals surface area contributed by atoms with E-state index in [0.717, 1.165) is 36.1 Å². The second-order valence-corrected chi connectivity index (χ2v) is 7.00. The van der Waals surface area contributed by atoms with Crippen LogP contribution >= 0.6 is 0 Å². The van der Waals surface area contributed by atoms with Gasteiger partial charge >= 0.3 is 0 Å². The van der Waals surface area contributed by atoms with E-state index in [1.807, 2.05) is 6.92 Å². The van der Waals surface area contributed by atoms with Crippen LogP contribution in [-0.2, 0) is 11.2 Å². The quantitative estimate of drug-likeness (QED) is 0.785. The Balaban J connectivity index is 1.45. The molecule has 2 aliphatic carbocycles. The first-order valence-corrected chi connectivity index (χ1v) is 9.31. The smallest absolute Gasteiger partial charge is 0.268 e. The number of ketones is 1. The maximum absolute atomic E-state index is 12.4. The number of carbonyl (C=O) groups is 2. The first-order chi connectivity index (χ1) is 11.7. The Labute approximate surface area is 143 Å². The van der Waals surface area contributed by atoms with Crippen LogP contribution in [-0.4, -0.2) is 35.9 Å². The molecule has 1 aromatic heterocycles. The Kier molecular flexibility index (Phi) is 5.72. The molecular formula is C19H28N2O3. The molecule has 1 heterocycles. The summed E-state index contributed by atoms with van der Waals surface area (Å²) in [5.41, 5.74) is 3.01. The fourth-order valence-electron chi connectivity index (χ4n) is 3.85. The van der Waals surface area contributed by atoms with E-state index in [4.69, 9.17) is 4.74 Å². The summed E-state index contributed by atoms with van der Waals surface area (Å²) >= 11 is 0. The van der Waals surface area contributed by atoms with Gasteiger partial charge in [0.2, 0.25) is 0 Å². The van der Waals surface area contributed by atoms with Gasteiger partial charge in [-0.05, 0) is 44.6 Å². The van der Waals surface area contributed by atoms with Gasteiger partial charge in [0, 0.05) is 30.8 Å². The molecule has 0 bridgehead atoms. The Bertz CT molecular complexity index is 600. The predicted octanol–water partition coefficient (Wildman–Crippen LogP) is 3.31. The predicted molar refractivity (Wildman–Crippen MR) is 92.6 cm³/mol. The number of Topliss-reactive ketones (excluding diaryl/α,β-unsaturated/α-hetero) is 1. The second kappa shape index (κ2) is 7.97. The van der Waals surface area contributed by atoms with Crippen molar-refractivity contribution in [2.45, 2.75) is 70.8 Å². The van der Waals surface area contributed by atoms with Crippen LogP contribution in [0.5, 0.6) is 0 Å². The van der Waals surface area contributed by atoms with Crippen LogP contribution in [0.15, 0.2) is 0 Å². The lowest BCUT2D eigenvalue weighted by molar-refractivity contribution is 0.0273. The van der Waals surface area contributed by atoms with Crippen LogP contribution in [0.25, 0.3) is 0 Å². The molecule has 2 N–H and O–H groups in total. The van der Waals surface area contributed by atoms with Crippen LogP contribution in [0.1, 0.15) is 83.5 Å². The van der Waals surface area contributed by atoms with Gasteiger partial charge in [0.25, 0.3) is 5.91 Å². The first kappa shape index (κ1) is 17.2. The summed E-state index contributed by atoms with van der Waals surface area (Å²) in [6.07, 6.45) is 9.77. The van der Waals surface area contributed by atoms with Gasteiger partial charge in [-0.2, -0.15) is 0 Å². The molecule has 1 amide bonds. The van der Waals surface area contributed by atoms with Crippen molar-refractivity contribution < 1.29 is 14.3 Å². The zero-order valence-corrected chi connectivity index (χ0v) is 14.6. The Morgan fingerprint density at radius 3 is 2.75 bits per heavy atom. The largest absolute Gasteiger partial charge is 0.378 e. The van der Waals surface area contributed by atoms with Crippen molar-refractivity contribution in [3.05, 3.63) is 22.5 Å². The first-order valence-electron chi connectivity index (χ1n) is 9.31.